The molecule has 1 aliphatic heterocycles. The Kier molecular flexibility index (Phi) is 4.24. The highest BCUT2D eigenvalue weighted by molar-refractivity contribution is 9.10. The highest BCUT2D eigenvalue weighted by atomic mass is 79.9. The summed E-state index contributed by atoms with van der Waals surface area (Å²) >= 11 is 5.21. The maximum atomic E-state index is 5.44. The van der Waals surface area contributed by atoms with E-state index in [0.29, 0.717) is 0 Å². The number of benzene rings is 1. The number of aromatic nitrogens is 1. The van der Waals surface area contributed by atoms with E-state index >= 15 is 0 Å². The highest BCUT2D eigenvalue weighted by Gasteiger charge is 2.19. The van der Waals surface area contributed by atoms with Crippen molar-refractivity contribution in [3.63, 3.8) is 0 Å². The van der Waals surface area contributed by atoms with E-state index in [9.17, 15) is 0 Å². The van der Waals surface area contributed by atoms with Crippen molar-refractivity contribution in [3.8, 4) is 22.1 Å². The summed E-state index contributed by atoms with van der Waals surface area (Å²) in [6, 6.07) is 4.00. The van der Waals surface area contributed by atoms with E-state index in [4.69, 9.17) is 9.47 Å². The van der Waals surface area contributed by atoms with Gasteiger partial charge in [0.05, 0.1) is 4.47 Å². The van der Waals surface area contributed by atoms with Crippen LogP contribution in [0.1, 0.15) is 18.2 Å². The molecule has 106 valence electrons. The average Bonchev–Trinajstić information content (AvgIpc) is 3.07. The monoisotopic (exact) mass is 354 g/mol. The van der Waals surface area contributed by atoms with Crippen LogP contribution in [0.3, 0.4) is 0 Å². The highest BCUT2D eigenvalue weighted by Crippen LogP contribution is 2.43. The molecular formula is C14H15BrN2O2S. The smallest absolute Gasteiger partial charge is 0.231 e. The van der Waals surface area contributed by atoms with Crippen LogP contribution in [0.2, 0.25) is 0 Å². The third kappa shape index (κ3) is 2.82. The zero-order chi connectivity index (χ0) is 13.9. The molecule has 0 atom stereocenters. The molecule has 0 saturated heterocycles. The lowest BCUT2D eigenvalue weighted by Gasteiger charge is -2.02. The van der Waals surface area contributed by atoms with Gasteiger partial charge in [-0.25, -0.2) is 4.98 Å². The first-order valence-corrected chi connectivity index (χ1v) is 8.14. The second kappa shape index (κ2) is 6.11. The molecule has 1 aromatic heterocycles. The number of thiazole rings is 1. The molecule has 0 aliphatic carbocycles. The van der Waals surface area contributed by atoms with E-state index in [1.165, 1.54) is 4.88 Å². The summed E-state index contributed by atoms with van der Waals surface area (Å²) in [6.07, 6.45) is 3.07. The molecule has 0 spiro atoms. The van der Waals surface area contributed by atoms with Crippen LogP contribution in [0.25, 0.3) is 10.6 Å². The molecule has 2 aromatic rings. The van der Waals surface area contributed by atoms with Gasteiger partial charge in [0.1, 0.15) is 5.01 Å². The van der Waals surface area contributed by atoms with Crippen LogP contribution in [0.15, 0.2) is 22.8 Å². The minimum absolute atomic E-state index is 0.279. The summed E-state index contributed by atoms with van der Waals surface area (Å²) in [4.78, 5) is 5.73. The number of rotatable bonds is 5. The molecule has 3 rings (SSSR count). The minimum atomic E-state index is 0.279. The molecule has 1 aliphatic rings. The van der Waals surface area contributed by atoms with Crippen molar-refractivity contribution in [2.24, 2.45) is 0 Å². The Labute approximate surface area is 130 Å². The summed E-state index contributed by atoms with van der Waals surface area (Å²) in [5.41, 5.74) is 1.05. The van der Waals surface area contributed by atoms with Gasteiger partial charge in [0.15, 0.2) is 11.5 Å². The van der Waals surface area contributed by atoms with Crippen LogP contribution < -0.4 is 14.8 Å². The summed E-state index contributed by atoms with van der Waals surface area (Å²) in [7, 11) is 0. The first kappa shape index (κ1) is 13.9. The first-order chi connectivity index (χ1) is 9.78. The van der Waals surface area contributed by atoms with E-state index in [2.05, 4.69) is 33.2 Å². The van der Waals surface area contributed by atoms with E-state index < -0.39 is 0 Å². The standard InChI is InChI=1S/C14H15BrN2O2S/c1-2-3-16-6-10-7-17-14(20-10)9-4-11(15)13-12(5-9)18-8-19-13/h4-5,7,16H,2-3,6,8H2,1H3. The second-order valence-electron chi connectivity index (χ2n) is 4.50. The molecule has 2 heterocycles. The van der Waals surface area contributed by atoms with Gasteiger partial charge in [-0.05, 0) is 41.0 Å². The molecule has 0 fully saturated rings. The number of fused-ring (bicyclic) bond motifs is 1. The SMILES string of the molecule is CCCNCc1cnc(-c2cc(Br)c3c(c2)OCO3)s1. The Hall–Kier alpha value is -1.11. The van der Waals surface area contributed by atoms with Crippen LogP contribution in [-0.4, -0.2) is 18.3 Å². The first-order valence-electron chi connectivity index (χ1n) is 6.53. The van der Waals surface area contributed by atoms with Crippen molar-refractivity contribution in [1.82, 2.24) is 10.3 Å². The largest absolute Gasteiger partial charge is 0.454 e. The van der Waals surface area contributed by atoms with Gasteiger partial charge >= 0.3 is 0 Å². The van der Waals surface area contributed by atoms with Crippen LogP contribution in [0.4, 0.5) is 0 Å². The Morgan fingerprint density at radius 3 is 3.15 bits per heavy atom. The predicted molar refractivity (Wildman–Crippen MR) is 83.4 cm³/mol. The van der Waals surface area contributed by atoms with Gasteiger partial charge in [0.25, 0.3) is 0 Å². The molecule has 0 bridgehead atoms. The van der Waals surface area contributed by atoms with Crippen molar-refractivity contribution in [3.05, 3.63) is 27.7 Å². The Morgan fingerprint density at radius 1 is 1.40 bits per heavy atom. The molecule has 0 saturated carbocycles. The van der Waals surface area contributed by atoms with Crippen molar-refractivity contribution < 1.29 is 9.47 Å². The van der Waals surface area contributed by atoms with Gasteiger partial charge < -0.3 is 14.8 Å². The predicted octanol–water partition coefficient (Wildman–Crippen LogP) is 3.80. The quantitative estimate of drug-likeness (QED) is 0.829. The zero-order valence-corrected chi connectivity index (χ0v) is 13.5. The van der Waals surface area contributed by atoms with Crippen LogP contribution in [0.5, 0.6) is 11.5 Å². The molecule has 0 unspecified atom stereocenters. The number of nitrogens with zero attached hydrogens (tertiary/aromatic N) is 1. The summed E-state index contributed by atoms with van der Waals surface area (Å²) in [5, 5.41) is 4.38. The van der Waals surface area contributed by atoms with Gasteiger partial charge in [0.2, 0.25) is 6.79 Å². The van der Waals surface area contributed by atoms with Crippen LogP contribution in [-0.2, 0) is 6.54 Å². The summed E-state index contributed by atoms with van der Waals surface area (Å²) in [6.45, 7) is 4.34. The van der Waals surface area contributed by atoms with E-state index in [1.807, 2.05) is 18.3 Å². The number of ether oxygens (including phenoxy) is 2. The fraction of sp³-hybridized carbons (Fsp3) is 0.357. The molecular weight excluding hydrogens is 340 g/mol. The maximum absolute atomic E-state index is 5.44. The second-order valence-corrected chi connectivity index (χ2v) is 6.47. The van der Waals surface area contributed by atoms with Gasteiger partial charge in [0, 0.05) is 23.2 Å². The zero-order valence-electron chi connectivity index (χ0n) is 11.1. The van der Waals surface area contributed by atoms with Gasteiger partial charge in [-0.2, -0.15) is 0 Å². The lowest BCUT2D eigenvalue weighted by atomic mass is 10.2. The van der Waals surface area contributed by atoms with Crippen molar-refractivity contribution in [1.29, 1.82) is 0 Å². The van der Waals surface area contributed by atoms with E-state index in [-0.39, 0.29) is 6.79 Å². The van der Waals surface area contributed by atoms with Crippen molar-refractivity contribution in [2.75, 3.05) is 13.3 Å². The fourth-order valence-corrected chi connectivity index (χ4v) is 3.43. The molecule has 0 amide bonds. The molecule has 6 heteroatoms. The number of hydrogen-bond donors (Lipinski definition) is 1. The molecule has 1 aromatic carbocycles. The Balaban J connectivity index is 1.81. The lowest BCUT2D eigenvalue weighted by molar-refractivity contribution is 0.173. The summed E-state index contributed by atoms with van der Waals surface area (Å²) < 4.78 is 11.7. The fourth-order valence-electron chi connectivity index (χ4n) is 2.00. The maximum Gasteiger partial charge on any atom is 0.231 e. The number of halogens is 1. The Bertz CT molecular complexity index is 615. The summed E-state index contributed by atoms with van der Waals surface area (Å²) in [5.74, 6) is 1.55. The van der Waals surface area contributed by atoms with Gasteiger partial charge in [-0.15, -0.1) is 11.3 Å². The Morgan fingerprint density at radius 2 is 2.30 bits per heavy atom. The van der Waals surface area contributed by atoms with Gasteiger partial charge in [-0.1, -0.05) is 6.92 Å². The molecule has 20 heavy (non-hydrogen) atoms. The van der Waals surface area contributed by atoms with E-state index in [1.54, 1.807) is 11.3 Å². The third-order valence-electron chi connectivity index (χ3n) is 2.95. The number of nitrogens with one attached hydrogen (secondary N) is 1. The van der Waals surface area contributed by atoms with Gasteiger partial charge in [-0.3, -0.25) is 0 Å². The normalized spacial score (nSPS) is 12.9. The minimum Gasteiger partial charge on any atom is -0.454 e. The van der Waals surface area contributed by atoms with Crippen molar-refractivity contribution >= 4 is 27.3 Å². The average molecular weight is 355 g/mol. The molecule has 4 nitrogen and oxygen atoms in total. The lowest BCUT2D eigenvalue weighted by Crippen LogP contribution is -2.12. The van der Waals surface area contributed by atoms with Crippen LogP contribution in [0, 0.1) is 0 Å². The van der Waals surface area contributed by atoms with Crippen molar-refractivity contribution in [2.45, 2.75) is 19.9 Å². The van der Waals surface area contributed by atoms with E-state index in [0.717, 1.165) is 46.1 Å². The number of hydrogen-bond acceptors (Lipinski definition) is 5. The molecule has 0 radical (unpaired) electrons. The molecule has 1 N–H and O–H groups in total. The topological polar surface area (TPSA) is 43.4 Å². The van der Waals surface area contributed by atoms with Crippen LogP contribution >= 0.6 is 27.3 Å². The third-order valence-corrected chi connectivity index (χ3v) is 4.59.